The lowest BCUT2D eigenvalue weighted by Gasteiger charge is -2.07. The first-order chi connectivity index (χ1) is 13.6. The number of nitrogens with zero attached hydrogens (tertiary/aromatic N) is 2. The van der Waals surface area contributed by atoms with Crippen LogP contribution in [0.4, 0.5) is 0 Å². The average Bonchev–Trinajstić information content (AvgIpc) is 3.19. The lowest BCUT2D eigenvalue weighted by atomic mass is 10.2. The smallest absolute Gasteiger partial charge is 0.331 e. The molecule has 144 valence electrons. The molecular weight excluding hydrogens is 428 g/mol. The van der Waals surface area contributed by atoms with Gasteiger partial charge in [0.1, 0.15) is 11.5 Å². The van der Waals surface area contributed by atoms with E-state index in [1.54, 1.807) is 38.5 Å². The van der Waals surface area contributed by atoms with E-state index in [9.17, 15) is 4.79 Å². The van der Waals surface area contributed by atoms with Gasteiger partial charge in [0.25, 0.3) is 5.89 Å². The second-order valence-electron chi connectivity index (χ2n) is 5.57. The Kier molecular flexibility index (Phi) is 6.44. The highest BCUT2D eigenvalue weighted by Gasteiger charge is 2.11. The molecule has 1 aromatic heterocycles. The molecule has 1 heterocycles. The summed E-state index contributed by atoms with van der Waals surface area (Å²) in [6.07, 6.45) is 2.90. The molecule has 0 fully saturated rings. The maximum absolute atomic E-state index is 12.0. The molecule has 0 N–H and O–H groups in total. The molecule has 0 aliphatic heterocycles. The lowest BCUT2D eigenvalue weighted by molar-refractivity contribution is -0.139. The zero-order valence-electron chi connectivity index (χ0n) is 15.2. The third-order valence-corrected chi connectivity index (χ3v) is 4.22. The van der Waals surface area contributed by atoms with Crippen LogP contribution in [0, 0.1) is 0 Å². The van der Waals surface area contributed by atoms with Crippen molar-refractivity contribution in [3.05, 3.63) is 64.5 Å². The van der Waals surface area contributed by atoms with E-state index in [2.05, 4.69) is 26.1 Å². The van der Waals surface area contributed by atoms with Crippen molar-refractivity contribution in [2.75, 3.05) is 14.2 Å². The van der Waals surface area contributed by atoms with Crippen LogP contribution < -0.4 is 9.47 Å². The Labute approximate surface area is 170 Å². The molecule has 0 unspecified atom stereocenters. The maximum atomic E-state index is 12.0. The normalized spacial score (nSPS) is 10.8. The van der Waals surface area contributed by atoms with Gasteiger partial charge in [0, 0.05) is 27.7 Å². The minimum Gasteiger partial charge on any atom is -0.497 e. The molecule has 2 aromatic carbocycles. The molecule has 0 saturated carbocycles. The molecule has 0 saturated heterocycles. The molecule has 0 spiro atoms. The Morgan fingerprint density at radius 1 is 1.18 bits per heavy atom. The van der Waals surface area contributed by atoms with E-state index in [0.717, 1.165) is 15.6 Å². The van der Waals surface area contributed by atoms with Crippen molar-refractivity contribution in [1.82, 2.24) is 10.1 Å². The number of carbonyl (C=O) groups excluding carboxylic acids is 1. The van der Waals surface area contributed by atoms with E-state index in [-0.39, 0.29) is 12.5 Å². The van der Waals surface area contributed by atoms with E-state index in [1.165, 1.54) is 6.08 Å². The summed E-state index contributed by atoms with van der Waals surface area (Å²) in [5.74, 6) is 1.33. The van der Waals surface area contributed by atoms with Gasteiger partial charge in [-0.1, -0.05) is 33.2 Å². The quantitative estimate of drug-likeness (QED) is 0.397. The monoisotopic (exact) mass is 444 g/mol. The van der Waals surface area contributed by atoms with Crippen LogP contribution >= 0.6 is 15.9 Å². The third kappa shape index (κ3) is 4.98. The molecular formula is C20H17BrN2O5. The summed E-state index contributed by atoms with van der Waals surface area (Å²) in [7, 11) is 3.12. The van der Waals surface area contributed by atoms with Gasteiger partial charge in [0.05, 0.1) is 14.2 Å². The Bertz CT molecular complexity index is 1000. The number of halogens is 1. The highest BCUT2D eigenvalue weighted by molar-refractivity contribution is 9.10. The van der Waals surface area contributed by atoms with Crippen molar-refractivity contribution in [2.24, 2.45) is 0 Å². The number of hydrogen-bond donors (Lipinski definition) is 0. The van der Waals surface area contributed by atoms with Gasteiger partial charge in [0.2, 0.25) is 5.82 Å². The Morgan fingerprint density at radius 2 is 2.04 bits per heavy atom. The predicted molar refractivity (Wildman–Crippen MR) is 106 cm³/mol. The lowest BCUT2D eigenvalue weighted by Crippen LogP contribution is -2.01. The molecule has 0 bridgehead atoms. The summed E-state index contributed by atoms with van der Waals surface area (Å²) in [5, 5.41) is 3.89. The number of ether oxygens (including phenoxy) is 3. The SMILES string of the molecule is COc1ccc(/C=C/C(=O)OCc2nc(-c3cccc(Br)c3)no2)c(OC)c1. The Balaban J connectivity index is 1.60. The van der Waals surface area contributed by atoms with Crippen molar-refractivity contribution in [3.63, 3.8) is 0 Å². The Hall–Kier alpha value is -3.13. The highest BCUT2D eigenvalue weighted by atomic mass is 79.9. The first-order valence-electron chi connectivity index (χ1n) is 8.24. The number of benzene rings is 2. The fourth-order valence-corrected chi connectivity index (χ4v) is 2.75. The number of carbonyl (C=O) groups is 1. The summed E-state index contributed by atoms with van der Waals surface area (Å²) in [5.41, 5.74) is 1.51. The van der Waals surface area contributed by atoms with E-state index in [1.807, 2.05) is 24.3 Å². The molecule has 3 aromatic rings. The van der Waals surface area contributed by atoms with E-state index in [0.29, 0.717) is 17.3 Å². The van der Waals surface area contributed by atoms with Crippen LogP contribution in [0.5, 0.6) is 11.5 Å². The van der Waals surface area contributed by atoms with Gasteiger partial charge in [-0.3, -0.25) is 0 Å². The first-order valence-corrected chi connectivity index (χ1v) is 9.03. The predicted octanol–water partition coefficient (Wildman–Crippen LogP) is 4.27. The van der Waals surface area contributed by atoms with Gasteiger partial charge < -0.3 is 18.7 Å². The molecule has 7 nitrogen and oxygen atoms in total. The van der Waals surface area contributed by atoms with Gasteiger partial charge in [-0.15, -0.1) is 0 Å². The molecule has 3 rings (SSSR count). The average molecular weight is 445 g/mol. The minimum atomic E-state index is -0.542. The van der Waals surface area contributed by atoms with Crippen LogP contribution in [0.2, 0.25) is 0 Å². The van der Waals surface area contributed by atoms with Crippen LogP contribution in [-0.2, 0) is 16.1 Å². The maximum Gasteiger partial charge on any atom is 0.331 e. The van der Waals surface area contributed by atoms with Gasteiger partial charge in [-0.05, 0) is 30.3 Å². The number of methoxy groups -OCH3 is 2. The molecule has 0 atom stereocenters. The van der Waals surface area contributed by atoms with E-state index >= 15 is 0 Å². The Morgan fingerprint density at radius 3 is 2.79 bits per heavy atom. The van der Waals surface area contributed by atoms with Crippen molar-refractivity contribution in [3.8, 4) is 22.9 Å². The summed E-state index contributed by atoms with van der Waals surface area (Å²) in [6, 6.07) is 12.8. The molecule has 28 heavy (non-hydrogen) atoms. The number of aromatic nitrogens is 2. The van der Waals surface area contributed by atoms with Gasteiger partial charge in [0.15, 0.2) is 6.61 Å². The number of esters is 1. The zero-order chi connectivity index (χ0) is 19.9. The molecule has 0 radical (unpaired) electrons. The van der Waals surface area contributed by atoms with Gasteiger partial charge in [-0.2, -0.15) is 4.98 Å². The van der Waals surface area contributed by atoms with Crippen LogP contribution in [-0.4, -0.2) is 30.3 Å². The molecule has 0 aliphatic carbocycles. The topological polar surface area (TPSA) is 83.7 Å². The highest BCUT2D eigenvalue weighted by Crippen LogP contribution is 2.25. The standard InChI is InChI=1S/C20H17BrN2O5/c1-25-16-8-6-13(17(11-16)26-2)7-9-19(24)27-12-18-22-20(23-28-18)14-4-3-5-15(21)10-14/h3-11H,12H2,1-2H3/b9-7+. The number of rotatable bonds is 7. The van der Waals surface area contributed by atoms with Crippen molar-refractivity contribution >= 4 is 28.0 Å². The van der Waals surface area contributed by atoms with Crippen LogP contribution in [0.15, 0.2) is 57.5 Å². The van der Waals surface area contributed by atoms with Crippen molar-refractivity contribution in [2.45, 2.75) is 6.61 Å². The second-order valence-corrected chi connectivity index (χ2v) is 6.49. The molecule has 0 aliphatic rings. The van der Waals surface area contributed by atoms with Gasteiger partial charge in [-0.25, -0.2) is 4.79 Å². The zero-order valence-corrected chi connectivity index (χ0v) is 16.8. The fourth-order valence-electron chi connectivity index (χ4n) is 2.35. The minimum absolute atomic E-state index is 0.121. The molecule has 0 amide bonds. The van der Waals surface area contributed by atoms with Crippen LogP contribution in [0.25, 0.3) is 17.5 Å². The van der Waals surface area contributed by atoms with Gasteiger partial charge >= 0.3 is 5.97 Å². The van der Waals surface area contributed by atoms with Crippen LogP contribution in [0.3, 0.4) is 0 Å². The van der Waals surface area contributed by atoms with Crippen molar-refractivity contribution < 1.29 is 23.5 Å². The summed E-state index contributed by atoms with van der Waals surface area (Å²) < 4.78 is 21.6. The van der Waals surface area contributed by atoms with E-state index in [4.69, 9.17) is 18.7 Å². The van der Waals surface area contributed by atoms with E-state index < -0.39 is 5.97 Å². The summed E-state index contributed by atoms with van der Waals surface area (Å²) in [4.78, 5) is 16.2. The largest absolute Gasteiger partial charge is 0.497 e. The number of hydrogen-bond acceptors (Lipinski definition) is 7. The molecule has 8 heteroatoms. The second kappa shape index (κ2) is 9.18. The summed E-state index contributed by atoms with van der Waals surface area (Å²) in [6.45, 7) is -0.121. The fraction of sp³-hybridized carbons (Fsp3) is 0.150. The third-order valence-electron chi connectivity index (χ3n) is 3.73. The first kappa shape index (κ1) is 19.6. The van der Waals surface area contributed by atoms with Crippen LogP contribution in [0.1, 0.15) is 11.5 Å². The summed E-state index contributed by atoms with van der Waals surface area (Å²) >= 11 is 3.39. The van der Waals surface area contributed by atoms with Crippen molar-refractivity contribution in [1.29, 1.82) is 0 Å².